The lowest BCUT2D eigenvalue weighted by Crippen LogP contribution is -2.58. The maximum atomic E-state index is 16.1. The first-order valence-electron chi connectivity index (χ1n) is 13.4. The number of nitrogens with one attached hydrogen (secondary N) is 1. The molecular formula is C28H29Cl2F4N3O4. The number of aliphatic carboxylic acids is 1. The maximum absolute atomic E-state index is 16.1. The Morgan fingerprint density at radius 3 is 2.22 bits per heavy atom. The SMILES string of the molecule is CC1(C(=O)O)CCC(n2ncc(C(=O)NC(CC(=O)c3c(Cl)cccc3Cl)C3(F)CC4(CC4)C3)c2C(F)(F)F)CC1. The third kappa shape index (κ3) is 5.59. The molecular weight excluding hydrogens is 589 g/mol. The van der Waals surface area contributed by atoms with Gasteiger partial charge in [-0.05, 0) is 75.8 Å². The maximum Gasteiger partial charge on any atom is 0.433 e. The summed E-state index contributed by atoms with van der Waals surface area (Å²) in [6.07, 6.45) is -2.38. The van der Waals surface area contributed by atoms with Crippen LogP contribution in [0.1, 0.15) is 97.2 Å². The number of alkyl halides is 4. The lowest BCUT2D eigenvalue weighted by molar-refractivity contribution is -0.152. The molecule has 3 aliphatic carbocycles. The highest BCUT2D eigenvalue weighted by atomic mass is 35.5. The Morgan fingerprint density at radius 2 is 1.71 bits per heavy atom. The summed E-state index contributed by atoms with van der Waals surface area (Å²) < 4.78 is 59.8. The standard InChI is InChI=1S/C28H29Cl2F4N3O4/c1-25(24(40)41)7-5-15(6-8-25)37-22(28(32,33)34)16(12-35-37)23(39)36-20(27(31)13-26(14-27)9-10-26)11-19(38)21-17(29)3-2-4-18(21)30/h2-4,12,15,20H,5-11,13-14H2,1H3,(H,36,39)(H,40,41). The molecule has 7 nitrogen and oxygen atoms in total. The first-order valence-corrected chi connectivity index (χ1v) is 14.2. The van der Waals surface area contributed by atoms with Gasteiger partial charge in [-0.25, -0.2) is 4.39 Å². The summed E-state index contributed by atoms with van der Waals surface area (Å²) in [5.74, 6) is -2.86. The molecule has 1 unspecified atom stereocenters. The molecule has 1 aromatic carbocycles. The predicted molar refractivity (Wildman–Crippen MR) is 142 cm³/mol. The Hall–Kier alpha value is -2.66. The fourth-order valence-electron chi connectivity index (χ4n) is 6.41. The molecule has 3 aliphatic rings. The van der Waals surface area contributed by atoms with Crippen molar-refractivity contribution in [3.05, 3.63) is 51.3 Å². The number of rotatable bonds is 8. The molecule has 13 heteroatoms. The molecule has 1 heterocycles. The third-order valence-electron chi connectivity index (χ3n) is 9.09. The molecule has 0 radical (unpaired) electrons. The fraction of sp³-hybridized carbons (Fsp3) is 0.571. The summed E-state index contributed by atoms with van der Waals surface area (Å²) in [5.41, 5.74) is -5.36. The second-order valence-corrected chi connectivity index (χ2v) is 12.9. The van der Waals surface area contributed by atoms with Gasteiger partial charge in [-0.2, -0.15) is 18.3 Å². The van der Waals surface area contributed by atoms with E-state index in [0.717, 1.165) is 23.7 Å². The van der Waals surface area contributed by atoms with Gasteiger partial charge in [0.1, 0.15) is 5.67 Å². The minimum Gasteiger partial charge on any atom is -0.481 e. The predicted octanol–water partition coefficient (Wildman–Crippen LogP) is 7.07. The highest BCUT2D eigenvalue weighted by Gasteiger charge is 2.65. The van der Waals surface area contributed by atoms with Crippen molar-refractivity contribution in [3.63, 3.8) is 0 Å². The summed E-state index contributed by atoms with van der Waals surface area (Å²) in [6.45, 7) is 1.55. The van der Waals surface area contributed by atoms with E-state index < -0.39 is 64.7 Å². The van der Waals surface area contributed by atoms with Gasteiger partial charge < -0.3 is 10.4 Å². The van der Waals surface area contributed by atoms with E-state index in [1.807, 2.05) is 0 Å². The highest BCUT2D eigenvalue weighted by molar-refractivity contribution is 6.39. The number of hydrogen-bond acceptors (Lipinski definition) is 4. The van der Waals surface area contributed by atoms with Gasteiger partial charge in [0.25, 0.3) is 5.91 Å². The van der Waals surface area contributed by atoms with Crippen LogP contribution in [-0.2, 0) is 11.0 Å². The molecule has 1 spiro atoms. The van der Waals surface area contributed by atoms with Crippen LogP contribution in [0.25, 0.3) is 0 Å². The summed E-state index contributed by atoms with van der Waals surface area (Å²) >= 11 is 12.3. The molecule has 5 rings (SSSR count). The number of carboxylic acid groups (broad SMARTS) is 1. The van der Waals surface area contributed by atoms with E-state index in [1.54, 1.807) is 6.92 Å². The van der Waals surface area contributed by atoms with E-state index in [-0.39, 0.29) is 59.5 Å². The molecule has 3 fully saturated rings. The summed E-state index contributed by atoms with van der Waals surface area (Å²) in [5, 5.41) is 15.8. The Morgan fingerprint density at radius 1 is 1.12 bits per heavy atom. The molecule has 1 aromatic heterocycles. The first-order chi connectivity index (χ1) is 19.1. The van der Waals surface area contributed by atoms with Crippen molar-refractivity contribution >= 4 is 40.9 Å². The lowest BCUT2D eigenvalue weighted by atomic mass is 9.64. The van der Waals surface area contributed by atoms with Crippen LogP contribution in [0.15, 0.2) is 24.4 Å². The van der Waals surface area contributed by atoms with Crippen LogP contribution in [0.3, 0.4) is 0 Å². The topological polar surface area (TPSA) is 101 Å². The molecule has 41 heavy (non-hydrogen) atoms. The van der Waals surface area contributed by atoms with Crippen LogP contribution in [-0.4, -0.2) is 44.3 Å². The number of carbonyl (C=O) groups is 3. The number of aromatic nitrogens is 2. The summed E-state index contributed by atoms with van der Waals surface area (Å²) in [4.78, 5) is 38.1. The molecule has 0 saturated heterocycles. The van der Waals surface area contributed by atoms with Gasteiger partial charge in [0.15, 0.2) is 11.5 Å². The minimum atomic E-state index is -4.98. The number of carboxylic acids is 1. The molecule has 0 aliphatic heterocycles. The van der Waals surface area contributed by atoms with Gasteiger partial charge in [0.2, 0.25) is 0 Å². The number of halogens is 6. The van der Waals surface area contributed by atoms with Crippen molar-refractivity contribution in [2.24, 2.45) is 10.8 Å². The largest absolute Gasteiger partial charge is 0.481 e. The van der Waals surface area contributed by atoms with Gasteiger partial charge in [-0.3, -0.25) is 19.1 Å². The molecule has 2 aromatic rings. The van der Waals surface area contributed by atoms with E-state index in [0.29, 0.717) is 0 Å². The number of ketones is 1. The average Bonchev–Trinajstić information content (AvgIpc) is 3.49. The second kappa shape index (κ2) is 10.3. The van der Waals surface area contributed by atoms with Crippen molar-refractivity contribution in [2.45, 2.75) is 88.6 Å². The number of Topliss-reactive ketones (excluding diaryl/α,β-unsaturated/α-hetero) is 1. The van der Waals surface area contributed by atoms with Crippen LogP contribution in [0.4, 0.5) is 17.6 Å². The van der Waals surface area contributed by atoms with Crippen molar-refractivity contribution in [3.8, 4) is 0 Å². The summed E-state index contributed by atoms with van der Waals surface area (Å²) in [7, 11) is 0. The van der Waals surface area contributed by atoms with Crippen molar-refractivity contribution in [2.75, 3.05) is 0 Å². The van der Waals surface area contributed by atoms with Crippen LogP contribution >= 0.6 is 23.2 Å². The molecule has 0 bridgehead atoms. The zero-order valence-corrected chi connectivity index (χ0v) is 23.7. The zero-order valence-electron chi connectivity index (χ0n) is 22.2. The molecule has 222 valence electrons. The van der Waals surface area contributed by atoms with Crippen molar-refractivity contribution in [1.82, 2.24) is 15.1 Å². The number of nitrogens with zero attached hydrogens (tertiary/aromatic N) is 2. The van der Waals surface area contributed by atoms with Gasteiger partial charge >= 0.3 is 12.1 Å². The molecule has 3 saturated carbocycles. The van der Waals surface area contributed by atoms with Crippen molar-refractivity contribution < 1.29 is 37.1 Å². The number of benzene rings is 1. The van der Waals surface area contributed by atoms with E-state index in [2.05, 4.69) is 10.4 Å². The Kier molecular flexibility index (Phi) is 7.46. The second-order valence-electron chi connectivity index (χ2n) is 12.1. The van der Waals surface area contributed by atoms with Crippen LogP contribution in [0.2, 0.25) is 10.0 Å². The van der Waals surface area contributed by atoms with Gasteiger partial charge in [0.05, 0.1) is 44.9 Å². The van der Waals surface area contributed by atoms with Crippen LogP contribution in [0, 0.1) is 10.8 Å². The summed E-state index contributed by atoms with van der Waals surface area (Å²) in [6, 6.07) is 2.23. The van der Waals surface area contributed by atoms with Gasteiger partial charge in [-0.15, -0.1) is 0 Å². The molecule has 2 N–H and O–H groups in total. The van der Waals surface area contributed by atoms with E-state index in [4.69, 9.17) is 23.2 Å². The third-order valence-corrected chi connectivity index (χ3v) is 9.72. The van der Waals surface area contributed by atoms with E-state index in [1.165, 1.54) is 18.2 Å². The minimum absolute atomic E-state index is 0.0415. The Bertz CT molecular complexity index is 1370. The van der Waals surface area contributed by atoms with Crippen molar-refractivity contribution in [1.29, 1.82) is 0 Å². The normalized spacial score (nSPS) is 25.3. The number of carbonyl (C=O) groups excluding carboxylic acids is 2. The van der Waals surface area contributed by atoms with Gasteiger partial charge in [0, 0.05) is 6.42 Å². The molecule has 1 atom stereocenters. The Labute approximate surface area is 243 Å². The number of hydrogen-bond donors (Lipinski definition) is 2. The van der Waals surface area contributed by atoms with E-state index >= 15 is 4.39 Å². The van der Waals surface area contributed by atoms with Crippen LogP contribution < -0.4 is 5.32 Å². The Balaban J connectivity index is 1.41. The smallest absolute Gasteiger partial charge is 0.433 e. The van der Waals surface area contributed by atoms with Crippen LogP contribution in [0.5, 0.6) is 0 Å². The zero-order chi connectivity index (χ0) is 30.0. The average molecular weight is 618 g/mol. The highest BCUT2D eigenvalue weighted by Crippen LogP contribution is 2.67. The fourth-order valence-corrected chi connectivity index (χ4v) is 7.02. The monoisotopic (exact) mass is 617 g/mol. The molecule has 1 amide bonds. The van der Waals surface area contributed by atoms with E-state index in [9.17, 15) is 32.7 Å². The quantitative estimate of drug-likeness (QED) is 0.244. The first kappa shape index (κ1) is 29.8. The number of amides is 1. The van der Waals surface area contributed by atoms with Gasteiger partial charge in [-0.1, -0.05) is 29.3 Å². The lowest BCUT2D eigenvalue weighted by Gasteiger charge is -2.47.